The van der Waals surface area contributed by atoms with Crippen LogP contribution in [0, 0.1) is 5.92 Å². The Bertz CT molecular complexity index is 1120. The lowest BCUT2D eigenvalue weighted by Gasteiger charge is -2.19. The summed E-state index contributed by atoms with van der Waals surface area (Å²) in [5, 5.41) is 5.44. The molecule has 0 bridgehead atoms. The van der Waals surface area contributed by atoms with Crippen molar-refractivity contribution in [1.82, 2.24) is 10.6 Å². The summed E-state index contributed by atoms with van der Waals surface area (Å²) in [6.07, 6.45) is 0.907. The average Bonchev–Trinajstić information content (AvgIpc) is 2.94. The summed E-state index contributed by atoms with van der Waals surface area (Å²) in [5.74, 6) is 0.260. The highest BCUT2D eigenvalue weighted by Gasteiger charge is 2.21. The predicted molar refractivity (Wildman–Crippen MR) is 147 cm³/mol. The van der Waals surface area contributed by atoms with E-state index in [2.05, 4.69) is 10.6 Å². The number of nitrogens with one attached hydrogen (secondary N) is 2. The molecule has 0 heterocycles. The number of hydrogen-bond acceptors (Lipinski definition) is 5. The molecule has 2 atom stereocenters. The van der Waals surface area contributed by atoms with Gasteiger partial charge in [-0.3, -0.25) is 9.59 Å². The van der Waals surface area contributed by atoms with Crippen molar-refractivity contribution in [3.8, 4) is 5.75 Å². The predicted octanol–water partition coefficient (Wildman–Crippen LogP) is 5.09. The number of aryl methyl sites for hydroxylation is 1. The van der Waals surface area contributed by atoms with Crippen molar-refractivity contribution in [2.75, 3.05) is 13.1 Å². The van der Waals surface area contributed by atoms with Crippen molar-refractivity contribution in [3.63, 3.8) is 0 Å². The largest absolute Gasteiger partial charge is 0.483 e. The van der Waals surface area contributed by atoms with E-state index >= 15 is 0 Å². The maximum absolute atomic E-state index is 13.0. The topological polar surface area (TPSA) is 93.7 Å². The summed E-state index contributed by atoms with van der Waals surface area (Å²) in [7, 11) is 0. The molecule has 0 radical (unpaired) electrons. The van der Waals surface area contributed by atoms with E-state index in [4.69, 9.17) is 9.47 Å². The molecule has 3 aromatic rings. The third-order valence-electron chi connectivity index (χ3n) is 6.03. The molecule has 0 spiro atoms. The van der Waals surface area contributed by atoms with Gasteiger partial charge in [0.2, 0.25) is 5.91 Å². The highest BCUT2D eigenvalue weighted by molar-refractivity contribution is 5.89. The van der Waals surface area contributed by atoms with Gasteiger partial charge in [-0.25, -0.2) is 4.79 Å². The van der Waals surface area contributed by atoms with Crippen molar-refractivity contribution in [3.05, 3.63) is 102 Å². The summed E-state index contributed by atoms with van der Waals surface area (Å²) < 4.78 is 11.2. The molecule has 7 nitrogen and oxygen atoms in total. The monoisotopic (exact) mass is 516 g/mol. The van der Waals surface area contributed by atoms with E-state index in [9.17, 15) is 14.4 Å². The molecular formula is C31H36N2O5. The second kappa shape index (κ2) is 15.9. The third kappa shape index (κ3) is 10.9. The van der Waals surface area contributed by atoms with Gasteiger partial charge in [-0.2, -0.15) is 0 Å². The highest BCUT2D eigenvalue weighted by Crippen LogP contribution is 2.15. The van der Waals surface area contributed by atoms with Gasteiger partial charge >= 0.3 is 6.09 Å². The van der Waals surface area contributed by atoms with Crippen LogP contribution in [0.3, 0.4) is 0 Å². The molecule has 0 aliphatic carbocycles. The number of benzene rings is 3. The maximum atomic E-state index is 13.0. The molecule has 3 aromatic carbocycles. The van der Waals surface area contributed by atoms with Crippen LogP contribution in [0.2, 0.25) is 0 Å². The van der Waals surface area contributed by atoms with Crippen molar-refractivity contribution in [2.24, 2.45) is 5.92 Å². The van der Waals surface area contributed by atoms with E-state index in [0.717, 1.165) is 11.1 Å². The Balaban J connectivity index is 1.37. The van der Waals surface area contributed by atoms with Gasteiger partial charge in [0.15, 0.2) is 11.9 Å². The van der Waals surface area contributed by atoms with Crippen LogP contribution < -0.4 is 15.4 Å². The normalized spacial score (nSPS) is 12.1. The minimum Gasteiger partial charge on any atom is -0.483 e. The zero-order valence-corrected chi connectivity index (χ0v) is 21.8. The van der Waals surface area contributed by atoms with Crippen LogP contribution in [-0.4, -0.2) is 37.0 Å². The smallest absolute Gasteiger partial charge is 0.407 e. The zero-order chi connectivity index (χ0) is 27.0. The molecule has 2 N–H and O–H groups in total. The first kappa shape index (κ1) is 28.4. The minimum absolute atomic E-state index is 0.0222. The number of Topliss-reactive ketones (excluding diaryl/α,β-unsaturated/α-hetero) is 1. The second-order valence-corrected chi connectivity index (χ2v) is 9.27. The molecule has 200 valence electrons. The van der Waals surface area contributed by atoms with Gasteiger partial charge in [0.25, 0.3) is 0 Å². The molecule has 7 heteroatoms. The Kier molecular flexibility index (Phi) is 11.9. The molecule has 0 fully saturated rings. The number of hydrogen-bond donors (Lipinski definition) is 2. The maximum Gasteiger partial charge on any atom is 0.407 e. The van der Waals surface area contributed by atoms with Gasteiger partial charge in [-0.1, -0.05) is 85.8 Å². The zero-order valence-electron chi connectivity index (χ0n) is 21.8. The third-order valence-corrected chi connectivity index (χ3v) is 6.03. The number of amides is 2. The van der Waals surface area contributed by atoms with E-state index in [-0.39, 0.29) is 37.2 Å². The standard InChI is InChI=1S/C31H36N2O5/c1-24(19-20-32-31(36)37-23-26-13-7-3-8-14-26)21-30(35)33-22-28(34)29(38-27-15-9-4-10-16-27)18-17-25-11-5-2-6-12-25/h2-16,24,29H,17-23H2,1H3,(H,32,36)(H,33,35). The fourth-order valence-electron chi connectivity index (χ4n) is 3.88. The molecule has 0 saturated carbocycles. The average molecular weight is 517 g/mol. The van der Waals surface area contributed by atoms with Gasteiger partial charge in [-0.15, -0.1) is 0 Å². The number of rotatable bonds is 15. The molecule has 2 unspecified atom stereocenters. The van der Waals surface area contributed by atoms with Gasteiger partial charge in [0, 0.05) is 13.0 Å². The lowest BCUT2D eigenvalue weighted by molar-refractivity contribution is -0.129. The van der Waals surface area contributed by atoms with Gasteiger partial charge < -0.3 is 20.1 Å². The molecule has 0 aliphatic heterocycles. The first-order valence-electron chi connectivity index (χ1n) is 13.0. The van der Waals surface area contributed by atoms with Crippen molar-refractivity contribution >= 4 is 17.8 Å². The summed E-state index contributed by atoms with van der Waals surface area (Å²) in [5.41, 5.74) is 2.04. The van der Waals surface area contributed by atoms with Crippen LogP contribution in [0.4, 0.5) is 4.79 Å². The molecule has 0 aromatic heterocycles. The lowest BCUT2D eigenvalue weighted by atomic mass is 10.0. The summed E-state index contributed by atoms with van der Waals surface area (Å²) in [6.45, 7) is 2.44. The van der Waals surface area contributed by atoms with Crippen LogP contribution in [0.1, 0.15) is 37.3 Å². The van der Waals surface area contributed by atoms with Crippen molar-refractivity contribution in [2.45, 2.75) is 45.3 Å². The van der Waals surface area contributed by atoms with Gasteiger partial charge in [0.1, 0.15) is 12.4 Å². The molecular weight excluding hydrogens is 480 g/mol. The van der Waals surface area contributed by atoms with Gasteiger partial charge in [0.05, 0.1) is 6.54 Å². The Morgan fingerprint density at radius 1 is 0.763 bits per heavy atom. The minimum atomic E-state index is -0.665. The SMILES string of the molecule is CC(CCNC(=O)OCc1ccccc1)CC(=O)NCC(=O)C(CCc1ccccc1)Oc1ccccc1. The Hall–Kier alpha value is -4.13. The Labute approximate surface area is 224 Å². The molecule has 0 saturated heterocycles. The molecule has 2 amide bonds. The van der Waals surface area contributed by atoms with E-state index in [1.165, 1.54) is 0 Å². The Morgan fingerprint density at radius 3 is 2.03 bits per heavy atom. The number of para-hydroxylation sites is 1. The number of carbonyl (C=O) groups excluding carboxylic acids is 3. The Morgan fingerprint density at radius 2 is 1.37 bits per heavy atom. The summed E-state index contributed by atoms with van der Waals surface area (Å²) >= 11 is 0. The van der Waals surface area contributed by atoms with E-state index in [1.54, 1.807) is 0 Å². The molecule has 0 aliphatic rings. The summed E-state index contributed by atoms with van der Waals surface area (Å²) in [4.78, 5) is 37.3. The first-order valence-corrected chi connectivity index (χ1v) is 13.0. The number of ketones is 1. The summed E-state index contributed by atoms with van der Waals surface area (Å²) in [6, 6.07) is 28.6. The molecule has 3 rings (SSSR count). The number of ether oxygens (including phenoxy) is 2. The van der Waals surface area contributed by atoms with Crippen molar-refractivity contribution < 1.29 is 23.9 Å². The van der Waals surface area contributed by atoms with E-state index in [1.807, 2.05) is 97.9 Å². The quantitative estimate of drug-likeness (QED) is 0.293. The second-order valence-electron chi connectivity index (χ2n) is 9.27. The van der Waals surface area contributed by atoms with Gasteiger partial charge in [-0.05, 0) is 48.4 Å². The fourth-order valence-corrected chi connectivity index (χ4v) is 3.88. The van der Waals surface area contributed by atoms with Crippen LogP contribution in [0.5, 0.6) is 5.75 Å². The number of alkyl carbamates (subject to hydrolysis) is 1. The van der Waals surface area contributed by atoms with E-state index < -0.39 is 12.2 Å². The highest BCUT2D eigenvalue weighted by atomic mass is 16.5. The van der Waals surface area contributed by atoms with Crippen LogP contribution in [0.15, 0.2) is 91.0 Å². The van der Waals surface area contributed by atoms with E-state index in [0.29, 0.717) is 31.6 Å². The number of carbonyl (C=O) groups is 3. The van der Waals surface area contributed by atoms with Crippen LogP contribution >= 0.6 is 0 Å². The lowest BCUT2D eigenvalue weighted by Crippen LogP contribution is -2.38. The van der Waals surface area contributed by atoms with Crippen LogP contribution in [0.25, 0.3) is 0 Å². The van der Waals surface area contributed by atoms with Crippen molar-refractivity contribution in [1.29, 1.82) is 0 Å². The fraction of sp³-hybridized carbons (Fsp3) is 0.323. The first-order chi connectivity index (χ1) is 18.5. The molecule has 38 heavy (non-hydrogen) atoms. The van der Waals surface area contributed by atoms with Crippen LogP contribution in [-0.2, 0) is 27.4 Å².